The third-order valence-corrected chi connectivity index (χ3v) is 6.43. The van der Waals surface area contributed by atoms with Gasteiger partial charge in [0.2, 0.25) is 11.8 Å². The quantitative estimate of drug-likeness (QED) is 0.318. The zero-order valence-electron chi connectivity index (χ0n) is 19.7. The lowest BCUT2D eigenvalue weighted by Gasteiger charge is -2.22. The molecule has 0 aliphatic carbocycles. The van der Waals surface area contributed by atoms with Gasteiger partial charge in [-0.05, 0) is 43.4 Å². The number of carbonyl (C=O) groups excluding carboxylic acids is 2. The molecule has 3 rings (SSSR count). The van der Waals surface area contributed by atoms with Crippen molar-refractivity contribution in [1.29, 1.82) is 0 Å². The molecule has 0 aromatic heterocycles. The summed E-state index contributed by atoms with van der Waals surface area (Å²) in [5, 5.41) is 19.4. The number of hydrogen-bond acceptors (Lipinski definition) is 5. The fraction of sp³-hybridized carbons (Fsp3) is 0.577. The van der Waals surface area contributed by atoms with E-state index in [-0.39, 0.29) is 24.3 Å². The fourth-order valence-electron chi connectivity index (χ4n) is 4.51. The lowest BCUT2D eigenvalue weighted by atomic mass is 10.1. The summed E-state index contributed by atoms with van der Waals surface area (Å²) in [6.45, 7) is 2.42. The predicted octanol–water partition coefficient (Wildman–Crippen LogP) is 3.30. The second kappa shape index (κ2) is 13.1. The summed E-state index contributed by atoms with van der Waals surface area (Å²) < 4.78 is 5.79. The van der Waals surface area contributed by atoms with Crippen LogP contribution in [-0.4, -0.2) is 70.1 Å². The SMILES string of the molecule is O=C(O)CCCCCCN1C(=O)CC[C@@H]1/C=C/C(O)c1cccc(OCCN2CCCC2=O)c1. The van der Waals surface area contributed by atoms with Gasteiger partial charge in [0.05, 0.1) is 18.7 Å². The third-order valence-electron chi connectivity index (χ3n) is 6.43. The largest absolute Gasteiger partial charge is 0.492 e. The van der Waals surface area contributed by atoms with Crippen molar-refractivity contribution in [1.82, 2.24) is 9.80 Å². The Morgan fingerprint density at radius 1 is 1.12 bits per heavy atom. The number of carbonyl (C=O) groups is 3. The number of carboxylic acids is 1. The van der Waals surface area contributed by atoms with E-state index in [1.54, 1.807) is 12.1 Å². The van der Waals surface area contributed by atoms with E-state index in [9.17, 15) is 19.5 Å². The van der Waals surface area contributed by atoms with Crippen molar-refractivity contribution in [2.24, 2.45) is 0 Å². The highest BCUT2D eigenvalue weighted by Gasteiger charge is 2.28. The van der Waals surface area contributed by atoms with E-state index in [2.05, 4.69) is 0 Å². The molecule has 2 aliphatic heterocycles. The van der Waals surface area contributed by atoms with Crippen LogP contribution in [0.15, 0.2) is 36.4 Å². The standard InChI is InChI=1S/C26H36N2O6/c29-23(20-7-5-8-22(19-20)34-18-17-27-15-6-9-24(27)30)13-11-21-12-14-25(31)28(21)16-4-2-1-3-10-26(32)33/h5,7-8,11,13,19,21,23,29H,1-4,6,9-10,12,14-18H2,(H,32,33)/b13-11+/t21-,23?/m0/s1. The van der Waals surface area contributed by atoms with Crippen LogP contribution in [-0.2, 0) is 14.4 Å². The monoisotopic (exact) mass is 472 g/mol. The molecular formula is C26H36N2O6. The van der Waals surface area contributed by atoms with Gasteiger partial charge in [0, 0.05) is 32.4 Å². The molecule has 8 heteroatoms. The van der Waals surface area contributed by atoms with Crippen LogP contribution < -0.4 is 4.74 Å². The first-order valence-corrected chi connectivity index (χ1v) is 12.3. The lowest BCUT2D eigenvalue weighted by molar-refractivity contribution is -0.137. The Balaban J connectivity index is 1.45. The summed E-state index contributed by atoms with van der Waals surface area (Å²) in [5.41, 5.74) is 0.709. The fourth-order valence-corrected chi connectivity index (χ4v) is 4.51. The number of benzene rings is 1. The molecule has 2 saturated heterocycles. The second-order valence-electron chi connectivity index (χ2n) is 8.99. The highest BCUT2D eigenvalue weighted by molar-refractivity contribution is 5.79. The van der Waals surface area contributed by atoms with E-state index in [4.69, 9.17) is 9.84 Å². The van der Waals surface area contributed by atoms with Crippen LogP contribution in [0.2, 0.25) is 0 Å². The first-order valence-electron chi connectivity index (χ1n) is 12.3. The molecule has 0 bridgehead atoms. The number of aliphatic hydroxyl groups is 1. The van der Waals surface area contributed by atoms with Crippen LogP contribution in [0.1, 0.15) is 69.5 Å². The number of carboxylic acid groups (broad SMARTS) is 1. The van der Waals surface area contributed by atoms with Gasteiger partial charge in [-0.15, -0.1) is 0 Å². The van der Waals surface area contributed by atoms with E-state index in [0.717, 1.165) is 38.6 Å². The highest BCUT2D eigenvalue weighted by Crippen LogP contribution is 2.24. The van der Waals surface area contributed by atoms with Crippen molar-refractivity contribution in [3.63, 3.8) is 0 Å². The Kier molecular flexibility index (Phi) is 9.94. The minimum absolute atomic E-state index is 0.0291. The van der Waals surface area contributed by atoms with Crippen LogP contribution >= 0.6 is 0 Å². The van der Waals surface area contributed by atoms with Crippen molar-refractivity contribution in [2.75, 3.05) is 26.2 Å². The molecular weight excluding hydrogens is 436 g/mol. The van der Waals surface area contributed by atoms with Gasteiger partial charge in [0.25, 0.3) is 0 Å². The molecule has 2 N–H and O–H groups in total. The summed E-state index contributed by atoms with van der Waals surface area (Å²) in [4.78, 5) is 38.2. The first-order chi connectivity index (χ1) is 16.4. The van der Waals surface area contributed by atoms with Crippen molar-refractivity contribution in [3.8, 4) is 5.75 Å². The maximum atomic E-state index is 12.3. The van der Waals surface area contributed by atoms with Gasteiger partial charge in [0.1, 0.15) is 12.4 Å². The minimum atomic E-state index is -0.808. The molecule has 2 aliphatic rings. The van der Waals surface area contributed by atoms with Gasteiger partial charge in [-0.1, -0.05) is 37.1 Å². The van der Waals surface area contributed by atoms with Crippen LogP contribution in [0.4, 0.5) is 0 Å². The molecule has 8 nitrogen and oxygen atoms in total. The number of hydrogen-bond donors (Lipinski definition) is 2. The molecule has 0 radical (unpaired) electrons. The van der Waals surface area contributed by atoms with Crippen molar-refractivity contribution >= 4 is 17.8 Å². The van der Waals surface area contributed by atoms with Crippen LogP contribution in [0.25, 0.3) is 0 Å². The van der Waals surface area contributed by atoms with Crippen LogP contribution in [0, 0.1) is 0 Å². The zero-order valence-corrected chi connectivity index (χ0v) is 19.7. The number of unbranched alkanes of at least 4 members (excludes halogenated alkanes) is 3. The van der Waals surface area contributed by atoms with E-state index in [1.165, 1.54) is 0 Å². The number of amides is 2. The molecule has 1 unspecified atom stereocenters. The number of ether oxygens (including phenoxy) is 1. The average molecular weight is 473 g/mol. The van der Waals surface area contributed by atoms with Gasteiger partial charge in [-0.2, -0.15) is 0 Å². The van der Waals surface area contributed by atoms with E-state index >= 15 is 0 Å². The molecule has 34 heavy (non-hydrogen) atoms. The van der Waals surface area contributed by atoms with Crippen LogP contribution in [0.3, 0.4) is 0 Å². The molecule has 2 atom stereocenters. The molecule has 0 saturated carbocycles. The smallest absolute Gasteiger partial charge is 0.303 e. The maximum absolute atomic E-state index is 12.3. The third kappa shape index (κ3) is 7.87. The van der Waals surface area contributed by atoms with Crippen molar-refractivity contribution in [3.05, 3.63) is 42.0 Å². The summed E-state index contributed by atoms with van der Waals surface area (Å²) in [5.74, 6) is 0.184. The zero-order chi connectivity index (χ0) is 24.3. The normalized spacial score (nSPS) is 19.4. The number of likely N-dealkylation sites (tertiary alicyclic amines) is 2. The van der Waals surface area contributed by atoms with E-state index in [0.29, 0.717) is 50.3 Å². The Morgan fingerprint density at radius 2 is 1.94 bits per heavy atom. The Bertz CT molecular complexity index is 871. The topological polar surface area (TPSA) is 107 Å². The lowest BCUT2D eigenvalue weighted by Crippen LogP contribution is -2.32. The highest BCUT2D eigenvalue weighted by atomic mass is 16.5. The summed E-state index contributed by atoms with van der Waals surface area (Å²) in [7, 11) is 0. The summed E-state index contributed by atoms with van der Waals surface area (Å²) >= 11 is 0. The molecule has 2 fully saturated rings. The van der Waals surface area contributed by atoms with Crippen molar-refractivity contribution < 1.29 is 29.3 Å². The molecule has 186 valence electrons. The Labute approximate surface area is 201 Å². The molecule has 1 aromatic carbocycles. The molecule has 2 amide bonds. The molecule has 2 heterocycles. The predicted molar refractivity (Wildman–Crippen MR) is 127 cm³/mol. The maximum Gasteiger partial charge on any atom is 0.303 e. The van der Waals surface area contributed by atoms with E-state index < -0.39 is 12.1 Å². The molecule has 0 spiro atoms. The average Bonchev–Trinajstić information content (AvgIpc) is 3.39. The van der Waals surface area contributed by atoms with Gasteiger partial charge >= 0.3 is 5.97 Å². The van der Waals surface area contributed by atoms with Gasteiger partial charge in [-0.25, -0.2) is 0 Å². The van der Waals surface area contributed by atoms with Gasteiger partial charge in [-0.3, -0.25) is 14.4 Å². The summed E-state index contributed by atoms with van der Waals surface area (Å²) in [6.07, 6.45) is 9.04. The van der Waals surface area contributed by atoms with Gasteiger partial charge in [0.15, 0.2) is 0 Å². The number of rotatable bonds is 14. The van der Waals surface area contributed by atoms with Crippen molar-refractivity contribution in [2.45, 2.75) is 69.9 Å². The Morgan fingerprint density at radius 3 is 2.71 bits per heavy atom. The first kappa shape index (κ1) is 25.7. The number of nitrogens with zero attached hydrogens (tertiary/aromatic N) is 2. The summed E-state index contributed by atoms with van der Waals surface area (Å²) in [6, 6.07) is 7.27. The number of aliphatic hydroxyl groups excluding tert-OH is 1. The molecule has 1 aromatic rings. The minimum Gasteiger partial charge on any atom is -0.492 e. The van der Waals surface area contributed by atoms with Gasteiger partial charge < -0.3 is 24.7 Å². The van der Waals surface area contributed by atoms with E-state index in [1.807, 2.05) is 34.1 Å². The number of aliphatic carboxylic acids is 1. The Hall–Kier alpha value is -2.87. The van der Waals surface area contributed by atoms with Crippen LogP contribution in [0.5, 0.6) is 5.75 Å². The second-order valence-corrected chi connectivity index (χ2v) is 8.99.